The van der Waals surface area contributed by atoms with Crippen LogP contribution in [0.3, 0.4) is 0 Å². The van der Waals surface area contributed by atoms with Gasteiger partial charge in [0.1, 0.15) is 5.75 Å². The summed E-state index contributed by atoms with van der Waals surface area (Å²) in [5.41, 5.74) is 0.619. The quantitative estimate of drug-likeness (QED) is 0.884. The Balaban J connectivity index is 2.33. The first-order chi connectivity index (χ1) is 9.90. The second kappa shape index (κ2) is 6.98. The molecule has 0 bridgehead atoms. The number of nitrogens with zero attached hydrogens (tertiary/aromatic N) is 1. The van der Waals surface area contributed by atoms with Crippen molar-refractivity contribution in [1.82, 2.24) is 10.2 Å². The average Bonchev–Trinajstić information content (AvgIpc) is 2.45. The Morgan fingerprint density at radius 3 is 2.57 bits per heavy atom. The molecule has 1 atom stereocenters. The minimum atomic E-state index is -4.21. The minimum absolute atomic E-state index is 0.565. The number of piperazine rings is 1. The highest BCUT2D eigenvalue weighted by Gasteiger charge is 2.36. The predicted octanol–water partition coefficient (Wildman–Crippen LogP) is 3.36. The maximum atomic E-state index is 13.0. The zero-order chi connectivity index (χ0) is 15.5. The van der Waals surface area contributed by atoms with Crippen molar-refractivity contribution < 1.29 is 17.9 Å². The van der Waals surface area contributed by atoms with Gasteiger partial charge in [-0.2, -0.15) is 13.2 Å². The van der Waals surface area contributed by atoms with Crippen LogP contribution in [0.4, 0.5) is 13.2 Å². The lowest BCUT2D eigenvalue weighted by Crippen LogP contribution is -2.46. The lowest BCUT2D eigenvalue weighted by molar-refractivity contribution is -0.148. The van der Waals surface area contributed by atoms with Crippen LogP contribution in [0.5, 0.6) is 5.75 Å². The Labute approximate surface area is 130 Å². The first-order valence-corrected chi connectivity index (χ1v) is 7.55. The summed E-state index contributed by atoms with van der Waals surface area (Å²) in [4.78, 5) is 1.88. The Hall–Kier alpha value is -0.790. The van der Waals surface area contributed by atoms with E-state index in [1.54, 1.807) is 18.2 Å². The lowest BCUT2D eigenvalue weighted by Gasteiger charge is -2.36. The van der Waals surface area contributed by atoms with Gasteiger partial charge < -0.3 is 10.1 Å². The van der Waals surface area contributed by atoms with Crippen LogP contribution in [-0.4, -0.2) is 44.4 Å². The second-order valence-electron chi connectivity index (χ2n) is 5.01. The molecule has 1 aliphatic rings. The molecule has 0 saturated carbocycles. The van der Waals surface area contributed by atoms with Crippen molar-refractivity contribution in [2.45, 2.75) is 18.6 Å². The van der Waals surface area contributed by atoms with Crippen molar-refractivity contribution in [2.24, 2.45) is 0 Å². The van der Waals surface area contributed by atoms with E-state index in [0.29, 0.717) is 42.0 Å². The largest absolute Gasteiger partial charge is 0.497 e. The van der Waals surface area contributed by atoms with E-state index < -0.39 is 18.6 Å². The summed E-state index contributed by atoms with van der Waals surface area (Å²) in [5, 5.41) is 3.16. The molecule has 118 valence electrons. The number of methoxy groups -OCH3 is 1. The summed E-state index contributed by atoms with van der Waals surface area (Å²) in [7, 11) is 1.51. The van der Waals surface area contributed by atoms with Gasteiger partial charge in [-0.15, -0.1) is 0 Å². The van der Waals surface area contributed by atoms with Crippen LogP contribution in [0, 0.1) is 0 Å². The molecular formula is C14H18BrF3N2O. The maximum Gasteiger partial charge on any atom is 0.390 e. The van der Waals surface area contributed by atoms with Crippen LogP contribution in [0.15, 0.2) is 22.7 Å². The van der Waals surface area contributed by atoms with Gasteiger partial charge in [-0.25, -0.2) is 0 Å². The van der Waals surface area contributed by atoms with Crippen molar-refractivity contribution in [1.29, 1.82) is 0 Å². The highest BCUT2D eigenvalue weighted by molar-refractivity contribution is 9.10. The van der Waals surface area contributed by atoms with Gasteiger partial charge in [0.25, 0.3) is 0 Å². The Morgan fingerprint density at radius 1 is 1.33 bits per heavy atom. The Bertz CT molecular complexity index is 476. The molecule has 1 aromatic carbocycles. The highest BCUT2D eigenvalue weighted by atomic mass is 79.9. The minimum Gasteiger partial charge on any atom is -0.497 e. The van der Waals surface area contributed by atoms with Gasteiger partial charge in [0.05, 0.1) is 13.5 Å². The lowest BCUT2D eigenvalue weighted by atomic mass is 10.0. The van der Waals surface area contributed by atoms with Crippen LogP contribution < -0.4 is 10.1 Å². The fraction of sp³-hybridized carbons (Fsp3) is 0.571. The predicted molar refractivity (Wildman–Crippen MR) is 78.5 cm³/mol. The van der Waals surface area contributed by atoms with Crippen LogP contribution in [-0.2, 0) is 0 Å². The first kappa shape index (κ1) is 16.6. The number of nitrogens with one attached hydrogen (secondary N) is 1. The number of benzene rings is 1. The number of alkyl halides is 3. The Morgan fingerprint density at radius 2 is 2.00 bits per heavy atom. The number of rotatable bonds is 4. The molecule has 1 aliphatic heterocycles. The number of hydrogen-bond donors (Lipinski definition) is 1. The molecule has 1 N–H and O–H groups in total. The molecule has 0 spiro atoms. The summed E-state index contributed by atoms with van der Waals surface area (Å²) in [6, 6.07) is 4.45. The van der Waals surface area contributed by atoms with E-state index in [9.17, 15) is 13.2 Å². The highest BCUT2D eigenvalue weighted by Crippen LogP contribution is 2.38. The van der Waals surface area contributed by atoms with Crippen molar-refractivity contribution in [3.05, 3.63) is 28.2 Å². The summed E-state index contributed by atoms with van der Waals surface area (Å²) in [6.07, 6.45) is -5.07. The van der Waals surface area contributed by atoms with Crippen LogP contribution in [0.25, 0.3) is 0 Å². The number of halogens is 4. The van der Waals surface area contributed by atoms with Gasteiger partial charge in [-0.05, 0) is 23.8 Å². The topological polar surface area (TPSA) is 24.5 Å². The summed E-state index contributed by atoms with van der Waals surface area (Å²) >= 11 is 3.37. The van der Waals surface area contributed by atoms with Gasteiger partial charge in [0.2, 0.25) is 0 Å². The molecule has 0 amide bonds. The van der Waals surface area contributed by atoms with Crippen LogP contribution in [0.2, 0.25) is 0 Å². The first-order valence-electron chi connectivity index (χ1n) is 6.75. The van der Waals surface area contributed by atoms with Crippen molar-refractivity contribution in [3.8, 4) is 5.75 Å². The van der Waals surface area contributed by atoms with E-state index in [0.717, 1.165) is 0 Å². The zero-order valence-corrected chi connectivity index (χ0v) is 13.3. The number of hydrogen-bond acceptors (Lipinski definition) is 3. The van der Waals surface area contributed by atoms with E-state index in [-0.39, 0.29) is 0 Å². The molecule has 1 fully saturated rings. The van der Waals surface area contributed by atoms with E-state index >= 15 is 0 Å². The standard InChI is InChI=1S/C14H18BrF3N2O/c1-21-10-2-3-12(15)11(8-10)13(9-14(16,17)18)20-6-4-19-5-7-20/h2-3,8,13,19H,4-7,9H2,1H3/t13-/m1/s1. The van der Waals surface area contributed by atoms with Gasteiger partial charge in [-0.3, -0.25) is 4.90 Å². The van der Waals surface area contributed by atoms with Gasteiger partial charge in [0, 0.05) is 36.7 Å². The third-order valence-corrected chi connectivity index (χ3v) is 4.30. The van der Waals surface area contributed by atoms with Gasteiger partial charge >= 0.3 is 6.18 Å². The molecular weight excluding hydrogens is 349 g/mol. The molecule has 21 heavy (non-hydrogen) atoms. The van der Waals surface area contributed by atoms with E-state index in [4.69, 9.17) is 4.74 Å². The average molecular weight is 367 g/mol. The molecule has 0 radical (unpaired) electrons. The molecule has 3 nitrogen and oxygen atoms in total. The van der Waals surface area contributed by atoms with E-state index in [1.165, 1.54) is 7.11 Å². The molecule has 1 saturated heterocycles. The summed E-state index contributed by atoms with van der Waals surface area (Å²) < 4.78 is 44.7. The van der Waals surface area contributed by atoms with Crippen LogP contribution in [0.1, 0.15) is 18.0 Å². The SMILES string of the molecule is COc1ccc(Br)c([C@@H](CC(F)(F)F)N2CCNCC2)c1. The third-order valence-electron chi connectivity index (χ3n) is 3.58. The van der Waals surface area contributed by atoms with Crippen molar-refractivity contribution >= 4 is 15.9 Å². The molecule has 1 aromatic rings. The Kier molecular flexibility index (Phi) is 5.51. The normalized spacial score (nSPS) is 18.5. The molecule has 1 heterocycles. The third kappa shape index (κ3) is 4.59. The summed E-state index contributed by atoms with van der Waals surface area (Å²) in [6.45, 7) is 2.61. The molecule has 2 rings (SSSR count). The molecule has 7 heteroatoms. The molecule has 0 aliphatic carbocycles. The molecule has 0 unspecified atom stereocenters. The number of ether oxygens (including phenoxy) is 1. The zero-order valence-electron chi connectivity index (χ0n) is 11.7. The van der Waals surface area contributed by atoms with Gasteiger partial charge in [-0.1, -0.05) is 15.9 Å². The second-order valence-corrected chi connectivity index (χ2v) is 5.86. The molecule has 0 aromatic heterocycles. The van der Waals surface area contributed by atoms with E-state index in [1.807, 2.05) is 4.90 Å². The fourth-order valence-corrected chi connectivity index (χ4v) is 3.06. The summed E-state index contributed by atoms with van der Waals surface area (Å²) in [5.74, 6) is 0.565. The maximum absolute atomic E-state index is 13.0. The van der Waals surface area contributed by atoms with Crippen LogP contribution >= 0.6 is 15.9 Å². The van der Waals surface area contributed by atoms with Crippen molar-refractivity contribution in [3.63, 3.8) is 0 Å². The van der Waals surface area contributed by atoms with Gasteiger partial charge in [0.15, 0.2) is 0 Å². The monoisotopic (exact) mass is 366 g/mol. The van der Waals surface area contributed by atoms with E-state index in [2.05, 4.69) is 21.2 Å². The van der Waals surface area contributed by atoms with Crippen molar-refractivity contribution in [2.75, 3.05) is 33.3 Å². The fourth-order valence-electron chi connectivity index (χ4n) is 2.55. The smallest absolute Gasteiger partial charge is 0.390 e.